The minimum absolute atomic E-state index is 0.116. The standard InChI is InChI=1S/C11H9ClN4O2/c12-9-4-10(16-11(13)15-9)14-6-1-2-7-8(3-6)18-5-17-7/h1-4H,5H2,(H3,13,14,15,16). The van der Waals surface area contributed by atoms with E-state index in [1.165, 1.54) is 0 Å². The van der Waals surface area contributed by atoms with Gasteiger partial charge in [-0.25, -0.2) is 4.98 Å². The van der Waals surface area contributed by atoms with Crippen LogP contribution in [0.3, 0.4) is 0 Å². The molecule has 1 aliphatic heterocycles. The number of rotatable bonds is 2. The van der Waals surface area contributed by atoms with Crippen LogP contribution in [0.2, 0.25) is 5.15 Å². The highest BCUT2D eigenvalue weighted by atomic mass is 35.5. The predicted octanol–water partition coefficient (Wildman–Crippen LogP) is 2.18. The van der Waals surface area contributed by atoms with Gasteiger partial charge >= 0.3 is 0 Å². The van der Waals surface area contributed by atoms with Crippen molar-refractivity contribution >= 4 is 29.1 Å². The molecule has 0 fully saturated rings. The molecular formula is C11H9ClN4O2. The third kappa shape index (κ3) is 2.10. The first kappa shape index (κ1) is 10.9. The maximum absolute atomic E-state index is 5.79. The summed E-state index contributed by atoms with van der Waals surface area (Å²) >= 11 is 5.79. The van der Waals surface area contributed by atoms with Crippen LogP contribution in [0.25, 0.3) is 0 Å². The van der Waals surface area contributed by atoms with Gasteiger partial charge in [0.1, 0.15) is 11.0 Å². The summed E-state index contributed by atoms with van der Waals surface area (Å²) in [6.07, 6.45) is 0. The molecule has 18 heavy (non-hydrogen) atoms. The van der Waals surface area contributed by atoms with Gasteiger partial charge in [0.2, 0.25) is 12.7 Å². The topological polar surface area (TPSA) is 82.3 Å². The van der Waals surface area contributed by atoms with E-state index in [2.05, 4.69) is 15.3 Å². The summed E-state index contributed by atoms with van der Waals surface area (Å²) in [4.78, 5) is 7.80. The van der Waals surface area contributed by atoms with Crippen LogP contribution in [0.1, 0.15) is 0 Å². The summed E-state index contributed by atoms with van der Waals surface area (Å²) in [5.74, 6) is 2.05. The molecule has 92 valence electrons. The van der Waals surface area contributed by atoms with Gasteiger partial charge in [-0.05, 0) is 12.1 Å². The van der Waals surface area contributed by atoms with Gasteiger partial charge in [-0.1, -0.05) is 11.6 Å². The molecule has 3 N–H and O–H groups in total. The summed E-state index contributed by atoms with van der Waals surface area (Å²) in [6, 6.07) is 7.06. The molecule has 0 saturated carbocycles. The Labute approximate surface area is 108 Å². The molecule has 1 aromatic carbocycles. The average Bonchev–Trinajstić information content (AvgIpc) is 2.74. The fraction of sp³-hybridized carbons (Fsp3) is 0.0909. The van der Waals surface area contributed by atoms with Crippen LogP contribution < -0.4 is 20.5 Å². The molecule has 1 aliphatic rings. The molecule has 0 atom stereocenters. The summed E-state index contributed by atoms with van der Waals surface area (Å²) < 4.78 is 10.5. The van der Waals surface area contributed by atoms with Crippen LogP contribution in [-0.2, 0) is 0 Å². The Morgan fingerprint density at radius 3 is 2.83 bits per heavy atom. The highest BCUT2D eigenvalue weighted by Gasteiger charge is 2.13. The van der Waals surface area contributed by atoms with Gasteiger partial charge in [0.25, 0.3) is 0 Å². The Kier molecular flexibility index (Phi) is 2.56. The number of anilines is 3. The van der Waals surface area contributed by atoms with Crippen molar-refractivity contribution in [3.63, 3.8) is 0 Å². The van der Waals surface area contributed by atoms with Gasteiger partial charge in [-0.2, -0.15) is 4.98 Å². The zero-order chi connectivity index (χ0) is 12.5. The lowest BCUT2D eigenvalue weighted by Gasteiger charge is -2.07. The fourth-order valence-corrected chi connectivity index (χ4v) is 1.81. The highest BCUT2D eigenvalue weighted by Crippen LogP contribution is 2.35. The second kappa shape index (κ2) is 4.23. The van der Waals surface area contributed by atoms with E-state index >= 15 is 0 Å². The molecular weight excluding hydrogens is 256 g/mol. The third-order valence-electron chi connectivity index (χ3n) is 2.36. The van der Waals surface area contributed by atoms with Crippen molar-refractivity contribution in [1.29, 1.82) is 0 Å². The number of hydrogen-bond acceptors (Lipinski definition) is 6. The first-order valence-corrected chi connectivity index (χ1v) is 5.55. The molecule has 6 nitrogen and oxygen atoms in total. The van der Waals surface area contributed by atoms with Crippen LogP contribution in [0.4, 0.5) is 17.5 Å². The summed E-state index contributed by atoms with van der Waals surface area (Å²) in [6.45, 7) is 0.241. The molecule has 0 radical (unpaired) electrons. The van der Waals surface area contributed by atoms with E-state index in [0.717, 1.165) is 11.4 Å². The van der Waals surface area contributed by atoms with Gasteiger partial charge in [0.15, 0.2) is 11.5 Å². The number of aromatic nitrogens is 2. The molecule has 0 amide bonds. The van der Waals surface area contributed by atoms with E-state index in [4.69, 9.17) is 26.8 Å². The molecule has 1 aromatic heterocycles. The van der Waals surface area contributed by atoms with E-state index in [1.54, 1.807) is 6.07 Å². The summed E-state index contributed by atoms with van der Waals surface area (Å²) in [7, 11) is 0. The molecule has 0 saturated heterocycles. The Bertz CT molecular complexity index is 585. The molecule has 3 rings (SSSR count). The average molecular weight is 265 g/mol. The lowest BCUT2D eigenvalue weighted by atomic mass is 10.3. The second-order valence-corrected chi connectivity index (χ2v) is 4.01. The first-order chi connectivity index (χ1) is 8.70. The number of ether oxygens (including phenoxy) is 2. The van der Waals surface area contributed by atoms with Crippen LogP contribution >= 0.6 is 11.6 Å². The third-order valence-corrected chi connectivity index (χ3v) is 2.55. The van der Waals surface area contributed by atoms with Crippen molar-refractivity contribution < 1.29 is 9.47 Å². The van der Waals surface area contributed by atoms with Gasteiger partial charge in [0, 0.05) is 17.8 Å². The molecule has 7 heteroatoms. The Morgan fingerprint density at radius 1 is 1.17 bits per heavy atom. The van der Waals surface area contributed by atoms with Crippen LogP contribution in [0, 0.1) is 0 Å². The molecule has 0 unspecified atom stereocenters. The van der Waals surface area contributed by atoms with Crippen LogP contribution in [0.15, 0.2) is 24.3 Å². The zero-order valence-corrected chi connectivity index (χ0v) is 9.94. The smallest absolute Gasteiger partial charge is 0.231 e. The molecule has 0 bridgehead atoms. The molecule has 0 aliphatic carbocycles. The first-order valence-electron chi connectivity index (χ1n) is 5.17. The lowest BCUT2D eigenvalue weighted by Crippen LogP contribution is -1.99. The molecule has 2 aromatic rings. The number of fused-ring (bicyclic) bond motifs is 1. The van der Waals surface area contributed by atoms with Crippen LogP contribution in [0.5, 0.6) is 11.5 Å². The van der Waals surface area contributed by atoms with E-state index in [0.29, 0.717) is 11.6 Å². The van der Waals surface area contributed by atoms with E-state index in [9.17, 15) is 0 Å². The Hall–Kier alpha value is -2.21. The fourth-order valence-electron chi connectivity index (χ4n) is 1.62. The number of benzene rings is 1. The SMILES string of the molecule is Nc1nc(Cl)cc(Nc2ccc3c(c2)OCO3)n1. The molecule has 0 spiro atoms. The monoisotopic (exact) mass is 264 g/mol. The lowest BCUT2D eigenvalue weighted by molar-refractivity contribution is 0.174. The minimum Gasteiger partial charge on any atom is -0.454 e. The quantitative estimate of drug-likeness (QED) is 0.809. The maximum atomic E-state index is 5.79. The van der Waals surface area contributed by atoms with Crippen molar-refractivity contribution in [2.24, 2.45) is 0 Å². The van der Waals surface area contributed by atoms with Gasteiger partial charge in [0.05, 0.1) is 0 Å². The maximum Gasteiger partial charge on any atom is 0.231 e. The molecule has 2 heterocycles. The second-order valence-electron chi connectivity index (χ2n) is 3.63. The van der Waals surface area contributed by atoms with Crippen molar-refractivity contribution in [1.82, 2.24) is 9.97 Å². The van der Waals surface area contributed by atoms with Crippen LogP contribution in [-0.4, -0.2) is 16.8 Å². The normalized spacial score (nSPS) is 12.5. The summed E-state index contributed by atoms with van der Waals surface area (Å²) in [5, 5.41) is 3.35. The number of nitrogen functional groups attached to an aromatic ring is 1. The van der Waals surface area contributed by atoms with Gasteiger partial charge in [-0.15, -0.1) is 0 Å². The largest absolute Gasteiger partial charge is 0.454 e. The number of hydrogen-bond donors (Lipinski definition) is 2. The minimum atomic E-state index is 0.116. The van der Waals surface area contributed by atoms with E-state index < -0.39 is 0 Å². The van der Waals surface area contributed by atoms with Gasteiger partial charge in [-0.3, -0.25) is 0 Å². The summed E-state index contributed by atoms with van der Waals surface area (Å²) in [5.41, 5.74) is 6.31. The zero-order valence-electron chi connectivity index (χ0n) is 9.18. The predicted molar refractivity (Wildman–Crippen MR) is 67.3 cm³/mol. The van der Waals surface area contributed by atoms with Gasteiger partial charge < -0.3 is 20.5 Å². The number of nitrogens with two attached hydrogens (primary N) is 1. The van der Waals surface area contributed by atoms with Crippen molar-refractivity contribution in [2.75, 3.05) is 17.8 Å². The number of nitrogens with zero attached hydrogens (tertiary/aromatic N) is 2. The van der Waals surface area contributed by atoms with Crippen molar-refractivity contribution in [3.8, 4) is 11.5 Å². The highest BCUT2D eigenvalue weighted by molar-refractivity contribution is 6.29. The van der Waals surface area contributed by atoms with Crippen molar-refractivity contribution in [2.45, 2.75) is 0 Å². The number of halogens is 1. The Morgan fingerprint density at radius 2 is 2.00 bits per heavy atom. The van der Waals surface area contributed by atoms with E-state index in [-0.39, 0.29) is 17.9 Å². The van der Waals surface area contributed by atoms with E-state index in [1.807, 2.05) is 18.2 Å². The van der Waals surface area contributed by atoms with Crippen molar-refractivity contribution in [3.05, 3.63) is 29.4 Å². The Balaban J connectivity index is 1.88. The number of nitrogens with one attached hydrogen (secondary N) is 1.